The minimum absolute atomic E-state index is 0.0727. The van der Waals surface area contributed by atoms with Crippen molar-refractivity contribution in [3.05, 3.63) is 54.1 Å². The van der Waals surface area contributed by atoms with Crippen LogP contribution < -0.4 is 15.0 Å². The summed E-state index contributed by atoms with van der Waals surface area (Å²) >= 11 is 0. The van der Waals surface area contributed by atoms with Crippen molar-refractivity contribution in [3.8, 4) is 5.75 Å². The molecule has 5 heteroatoms. The highest BCUT2D eigenvalue weighted by molar-refractivity contribution is 5.97. The maximum Gasteiger partial charge on any atom is 0.265 e. The molecule has 0 aromatic heterocycles. The zero-order chi connectivity index (χ0) is 20.3. The molecular weight excluding hydrogens is 352 g/mol. The molecule has 2 aromatic rings. The summed E-state index contributed by atoms with van der Waals surface area (Å²) in [6.45, 7) is 8.91. The lowest BCUT2D eigenvalue weighted by molar-refractivity contribution is -0.122. The van der Waals surface area contributed by atoms with Gasteiger partial charge in [0.25, 0.3) is 5.91 Å². The summed E-state index contributed by atoms with van der Waals surface area (Å²) in [4.78, 5) is 26.2. The molecular formula is C23H28N2O3. The van der Waals surface area contributed by atoms with Crippen LogP contribution in [0.25, 0.3) is 0 Å². The summed E-state index contributed by atoms with van der Waals surface area (Å²) in [7, 11) is 0. The standard InChI is InChI=1S/C23H28N2O3/c1-16(28-20-12-10-17(11-13-20)23(2,3)4)22(27)24-18-7-5-8-19(15-18)25-14-6-9-21(25)26/h5,7-8,10-13,15-16H,6,9,14H2,1-4H3,(H,24,27)/t16-/m0/s1. The zero-order valence-electron chi connectivity index (χ0n) is 17.0. The van der Waals surface area contributed by atoms with E-state index in [1.165, 1.54) is 5.56 Å². The number of benzene rings is 2. The van der Waals surface area contributed by atoms with Crippen molar-refractivity contribution in [1.29, 1.82) is 0 Å². The summed E-state index contributed by atoms with van der Waals surface area (Å²) in [6.07, 6.45) is 0.807. The number of nitrogens with one attached hydrogen (secondary N) is 1. The fourth-order valence-electron chi connectivity index (χ4n) is 3.21. The second-order valence-electron chi connectivity index (χ2n) is 8.22. The van der Waals surface area contributed by atoms with Crippen molar-refractivity contribution < 1.29 is 14.3 Å². The van der Waals surface area contributed by atoms with E-state index in [0.717, 1.165) is 18.7 Å². The van der Waals surface area contributed by atoms with E-state index in [-0.39, 0.29) is 17.2 Å². The molecule has 0 unspecified atom stereocenters. The molecule has 0 spiro atoms. The molecule has 3 rings (SSSR count). The molecule has 1 aliphatic heterocycles. The monoisotopic (exact) mass is 380 g/mol. The molecule has 28 heavy (non-hydrogen) atoms. The van der Waals surface area contributed by atoms with Gasteiger partial charge in [-0.25, -0.2) is 0 Å². The van der Waals surface area contributed by atoms with Crippen LogP contribution in [0.2, 0.25) is 0 Å². The quantitative estimate of drug-likeness (QED) is 0.830. The summed E-state index contributed by atoms with van der Waals surface area (Å²) < 4.78 is 5.79. The molecule has 1 fully saturated rings. The number of carbonyl (C=O) groups is 2. The Hall–Kier alpha value is -2.82. The normalized spacial score (nSPS) is 15.4. The summed E-state index contributed by atoms with van der Waals surface area (Å²) in [6, 6.07) is 15.2. The fraction of sp³-hybridized carbons (Fsp3) is 0.391. The highest BCUT2D eigenvalue weighted by atomic mass is 16.5. The predicted octanol–water partition coefficient (Wildman–Crippen LogP) is 4.52. The first kappa shape index (κ1) is 19.9. The Labute approximate surface area is 166 Å². The van der Waals surface area contributed by atoms with Gasteiger partial charge in [-0.15, -0.1) is 0 Å². The van der Waals surface area contributed by atoms with Crippen molar-refractivity contribution in [1.82, 2.24) is 0 Å². The zero-order valence-corrected chi connectivity index (χ0v) is 17.0. The molecule has 1 heterocycles. The second kappa shape index (κ2) is 8.05. The minimum Gasteiger partial charge on any atom is -0.481 e. The maximum atomic E-state index is 12.5. The molecule has 148 valence electrons. The Morgan fingerprint density at radius 2 is 1.86 bits per heavy atom. The number of anilines is 2. The third-order valence-corrected chi connectivity index (χ3v) is 4.90. The summed E-state index contributed by atoms with van der Waals surface area (Å²) in [5.74, 6) is 0.552. The van der Waals surface area contributed by atoms with Crippen LogP contribution in [0.4, 0.5) is 11.4 Å². The van der Waals surface area contributed by atoms with Crippen LogP contribution in [0.3, 0.4) is 0 Å². The van der Waals surface area contributed by atoms with Gasteiger partial charge in [-0.2, -0.15) is 0 Å². The summed E-state index contributed by atoms with van der Waals surface area (Å²) in [5, 5.41) is 2.87. The number of ether oxygens (including phenoxy) is 1. The second-order valence-corrected chi connectivity index (χ2v) is 8.22. The highest BCUT2D eigenvalue weighted by Crippen LogP contribution is 2.26. The van der Waals surface area contributed by atoms with Crippen molar-refractivity contribution >= 4 is 23.2 Å². The molecule has 0 saturated carbocycles. The van der Waals surface area contributed by atoms with Gasteiger partial charge in [-0.3, -0.25) is 9.59 Å². The highest BCUT2D eigenvalue weighted by Gasteiger charge is 2.22. The topological polar surface area (TPSA) is 58.6 Å². The molecule has 2 aromatic carbocycles. The number of hydrogen-bond donors (Lipinski definition) is 1. The molecule has 2 amide bonds. The van der Waals surface area contributed by atoms with Gasteiger partial charge in [0.1, 0.15) is 5.75 Å². The van der Waals surface area contributed by atoms with Gasteiger partial charge in [-0.1, -0.05) is 39.0 Å². The van der Waals surface area contributed by atoms with E-state index in [4.69, 9.17) is 4.74 Å². The van der Waals surface area contributed by atoms with Crippen LogP contribution in [0.15, 0.2) is 48.5 Å². The molecule has 0 bridgehead atoms. The van der Waals surface area contributed by atoms with E-state index in [1.54, 1.807) is 11.8 Å². The van der Waals surface area contributed by atoms with Crippen molar-refractivity contribution in [2.24, 2.45) is 0 Å². The molecule has 5 nitrogen and oxygen atoms in total. The first-order valence-electron chi connectivity index (χ1n) is 9.72. The molecule has 0 aliphatic carbocycles. The van der Waals surface area contributed by atoms with Gasteiger partial charge >= 0.3 is 0 Å². The first-order chi connectivity index (χ1) is 13.2. The van der Waals surface area contributed by atoms with Gasteiger partial charge in [0.15, 0.2) is 6.10 Å². The Bertz CT molecular complexity index is 853. The van der Waals surface area contributed by atoms with Crippen LogP contribution in [-0.4, -0.2) is 24.5 Å². The lowest BCUT2D eigenvalue weighted by Crippen LogP contribution is -2.30. The van der Waals surface area contributed by atoms with Crippen LogP contribution in [-0.2, 0) is 15.0 Å². The van der Waals surface area contributed by atoms with Crippen LogP contribution in [0, 0.1) is 0 Å². The van der Waals surface area contributed by atoms with Gasteiger partial charge in [-0.05, 0) is 54.7 Å². The van der Waals surface area contributed by atoms with E-state index < -0.39 is 6.10 Å². The number of carbonyl (C=O) groups excluding carboxylic acids is 2. The molecule has 1 aliphatic rings. The third kappa shape index (κ3) is 4.71. The smallest absolute Gasteiger partial charge is 0.265 e. The summed E-state index contributed by atoms with van der Waals surface area (Å²) in [5.41, 5.74) is 2.75. The molecule has 1 N–H and O–H groups in total. The number of rotatable bonds is 5. The van der Waals surface area contributed by atoms with Gasteiger partial charge in [0, 0.05) is 24.3 Å². The van der Waals surface area contributed by atoms with Crippen LogP contribution in [0.5, 0.6) is 5.75 Å². The molecule has 1 saturated heterocycles. The van der Waals surface area contributed by atoms with Crippen molar-refractivity contribution in [2.45, 2.75) is 52.1 Å². The van der Waals surface area contributed by atoms with E-state index in [9.17, 15) is 9.59 Å². The Kier molecular flexibility index (Phi) is 5.73. The van der Waals surface area contributed by atoms with Gasteiger partial charge in [0.2, 0.25) is 5.91 Å². The first-order valence-corrected chi connectivity index (χ1v) is 9.72. The van der Waals surface area contributed by atoms with E-state index >= 15 is 0 Å². The number of hydrogen-bond acceptors (Lipinski definition) is 3. The maximum absolute atomic E-state index is 12.5. The van der Waals surface area contributed by atoms with Gasteiger partial charge < -0.3 is 15.0 Å². The van der Waals surface area contributed by atoms with E-state index in [0.29, 0.717) is 17.9 Å². The van der Waals surface area contributed by atoms with Crippen molar-refractivity contribution in [2.75, 3.05) is 16.8 Å². The average Bonchev–Trinajstić information content (AvgIpc) is 3.07. The van der Waals surface area contributed by atoms with E-state index in [1.807, 2.05) is 48.5 Å². The SMILES string of the molecule is C[C@H](Oc1ccc(C(C)(C)C)cc1)C(=O)Nc1cccc(N2CCCC2=O)c1. The number of amides is 2. The van der Waals surface area contributed by atoms with Crippen LogP contribution >= 0.6 is 0 Å². The average molecular weight is 380 g/mol. The number of nitrogens with zero attached hydrogens (tertiary/aromatic N) is 1. The third-order valence-electron chi connectivity index (χ3n) is 4.90. The van der Waals surface area contributed by atoms with Gasteiger partial charge in [0.05, 0.1) is 0 Å². The lowest BCUT2D eigenvalue weighted by Gasteiger charge is -2.20. The molecule has 1 atom stereocenters. The Morgan fingerprint density at radius 1 is 1.14 bits per heavy atom. The lowest BCUT2D eigenvalue weighted by atomic mass is 9.87. The largest absolute Gasteiger partial charge is 0.481 e. The minimum atomic E-state index is -0.641. The Morgan fingerprint density at radius 3 is 2.46 bits per heavy atom. The molecule has 0 radical (unpaired) electrons. The van der Waals surface area contributed by atoms with Crippen LogP contribution in [0.1, 0.15) is 46.1 Å². The van der Waals surface area contributed by atoms with Crippen molar-refractivity contribution in [3.63, 3.8) is 0 Å². The predicted molar refractivity (Wildman–Crippen MR) is 112 cm³/mol. The fourth-order valence-corrected chi connectivity index (χ4v) is 3.21. The van der Waals surface area contributed by atoms with E-state index in [2.05, 4.69) is 26.1 Å². The Balaban J connectivity index is 1.62.